The van der Waals surface area contributed by atoms with E-state index in [9.17, 15) is 4.79 Å². The molecule has 0 aromatic rings. The van der Waals surface area contributed by atoms with Gasteiger partial charge in [0.2, 0.25) is 0 Å². The number of carboxylic acids is 1. The number of hydrogen-bond donors (Lipinski definition) is 4. The molecule has 0 saturated carbocycles. The van der Waals surface area contributed by atoms with Crippen LogP contribution in [0.4, 0.5) is 0 Å². The zero-order valence-electron chi connectivity index (χ0n) is 15.9. The van der Waals surface area contributed by atoms with E-state index in [1.54, 1.807) is 20.8 Å². The zero-order chi connectivity index (χ0) is 18.8. The van der Waals surface area contributed by atoms with Crippen LogP contribution in [-0.4, -0.2) is 46.2 Å². The summed E-state index contributed by atoms with van der Waals surface area (Å²) in [5, 5.41) is 31.1. The van der Waals surface area contributed by atoms with Gasteiger partial charge in [-0.2, -0.15) is 0 Å². The molecule has 0 aromatic carbocycles. The van der Waals surface area contributed by atoms with Crippen LogP contribution < -0.4 is 0 Å². The molecule has 23 heavy (non-hydrogen) atoms. The maximum absolute atomic E-state index is 10.2. The first-order valence-corrected chi connectivity index (χ1v) is 9.06. The first-order valence-electron chi connectivity index (χ1n) is 9.06. The third-order valence-electron chi connectivity index (χ3n) is 2.49. The lowest BCUT2D eigenvalue weighted by Crippen LogP contribution is -1.93. The van der Waals surface area contributed by atoms with Crippen molar-refractivity contribution in [3.05, 3.63) is 0 Å². The Morgan fingerprint density at radius 2 is 0.870 bits per heavy atom. The molecule has 0 radical (unpaired) electrons. The number of unbranched alkanes of at least 4 members (excludes halogenated alkanes) is 8. The second kappa shape index (κ2) is 37.5. The normalized spacial score (nSPS) is 8.65. The molecular weight excluding hydrogens is 296 g/mol. The summed E-state index contributed by atoms with van der Waals surface area (Å²) >= 11 is 0. The lowest BCUT2D eigenvalue weighted by molar-refractivity contribution is -0.137. The molecule has 0 aliphatic rings. The quantitative estimate of drug-likeness (QED) is 0.452. The molecule has 0 heterocycles. The van der Waals surface area contributed by atoms with Crippen LogP contribution in [0.3, 0.4) is 0 Å². The molecule has 5 heteroatoms. The summed E-state index contributed by atoms with van der Waals surface area (Å²) in [5.74, 6) is -0.659. The maximum atomic E-state index is 10.2. The van der Waals surface area contributed by atoms with Crippen LogP contribution in [0.5, 0.6) is 0 Å². The van der Waals surface area contributed by atoms with Crippen molar-refractivity contribution in [3.63, 3.8) is 0 Å². The minimum absolute atomic E-state index is 0.250. The van der Waals surface area contributed by atoms with Gasteiger partial charge in [0.25, 0.3) is 0 Å². The topological polar surface area (TPSA) is 98.0 Å². The summed E-state index contributed by atoms with van der Waals surface area (Å²) in [7, 11) is 0. The van der Waals surface area contributed by atoms with Gasteiger partial charge in [-0.05, 0) is 27.2 Å². The Bertz CT molecular complexity index is 170. The van der Waals surface area contributed by atoms with Crippen LogP contribution in [0.25, 0.3) is 0 Å². The van der Waals surface area contributed by atoms with Gasteiger partial charge in [0, 0.05) is 26.2 Å². The number of aliphatic hydroxyl groups is 3. The lowest BCUT2D eigenvalue weighted by atomic mass is 10.1. The summed E-state index contributed by atoms with van der Waals surface area (Å²) in [6.45, 7) is 8.02. The first kappa shape index (κ1) is 30.3. The van der Waals surface area contributed by atoms with E-state index in [1.165, 1.54) is 44.9 Å². The Hall–Kier alpha value is -0.650. The number of carboxylic acid groups (broad SMARTS) is 1. The molecule has 0 rings (SSSR count). The Labute approximate surface area is 143 Å². The smallest absolute Gasteiger partial charge is 0.303 e. The largest absolute Gasteiger partial charge is 0.481 e. The van der Waals surface area contributed by atoms with Gasteiger partial charge in [-0.1, -0.05) is 58.3 Å². The van der Waals surface area contributed by atoms with Gasteiger partial charge < -0.3 is 20.4 Å². The predicted molar refractivity (Wildman–Crippen MR) is 97.8 cm³/mol. The van der Waals surface area contributed by atoms with Crippen molar-refractivity contribution < 1.29 is 25.2 Å². The minimum atomic E-state index is -0.659. The molecule has 0 aliphatic carbocycles. The third kappa shape index (κ3) is 74.6. The highest BCUT2D eigenvalue weighted by molar-refractivity contribution is 5.66. The molecule has 0 bridgehead atoms. The summed E-state index contributed by atoms with van der Waals surface area (Å²) in [5.41, 5.74) is 0. The standard InChI is InChI=1S/C12H24O2.3C2H6O/c1-2-3-4-5-6-7-8-9-10-11-12(13)14;3*1-2-3/h2-11H2,1H3,(H,13,14);3*3H,2H2,1H3. The average molecular weight is 339 g/mol. The number of rotatable bonds is 10. The maximum Gasteiger partial charge on any atom is 0.303 e. The summed E-state index contributed by atoms with van der Waals surface area (Å²) < 4.78 is 0. The Balaban J connectivity index is -0.000000166. The molecule has 4 N–H and O–H groups in total. The third-order valence-corrected chi connectivity index (χ3v) is 2.49. The van der Waals surface area contributed by atoms with E-state index in [0.29, 0.717) is 6.42 Å². The number of carbonyl (C=O) groups is 1. The van der Waals surface area contributed by atoms with Crippen LogP contribution in [0.15, 0.2) is 0 Å². The first-order chi connectivity index (χ1) is 11.0. The molecule has 0 amide bonds. The zero-order valence-corrected chi connectivity index (χ0v) is 15.9. The molecule has 0 spiro atoms. The van der Waals surface area contributed by atoms with Crippen LogP contribution >= 0.6 is 0 Å². The Kier molecular flexibility index (Phi) is 49.4. The van der Waals surface area contributed by atoms with Crippen LogP contribution in [-0.2, 0) is 4.79 Å². The molecule has 144 valence electrons. The van der Waals surface area contributed by atoms with E-state index >= 15 is 0 Å². The van der Waals surface area contributed by atoms with Gasteiger partial charge in [0.1, 0.15) is 0 Å². The summed E-state index contributed by atoms with van der Waals surface area (Å²) in [6.07, 6.45) is 11.5. The Morgan fingerprint density at radius 1 is 0.609 bits per heavy atom. The minimum Gasteiger partial charge on any atom is -0.481 e. The van der Waals surface area contributed by atoms with Gasteiger partial charge in [0.15, 0.2) is 0 Å². The lowest BCUT2D eigenvalue weighted by Gasteiger charge is -2.00. The molecule has 0 aliphatic heterocycles. The van der Waals surface area contributed by atoms with E-state index in [1.807, 2.05) is 0 Å². The highest BCUT2D eigenvalue weighted by atomic mass is 16.4. The van der Waals surface area contributed by atoms with E-state index in [0.717, 1.165) is 12.8 Å². The van der Waals surface area contributed by atoms with Crippen LogP contribution in [0.1, 0.15) is 91.9 Å². The van der Waals surface area contributed by atoms with E-state index in [-0.39, 0.29) is 19.8 Å². The van der Waals surface area contributed by atoms with Gasteiger partial charge in [-0.25, -0.2) is 0 Å². The van der Waals surface area contributed by atoms with E-state index in [4.69, 9.17) is 20.4 Å². The molecule has 5 nitrogen and oxygen atoms in total. The molecule has 0 saturated heterocycles. The van der Waals surface area contributed by atoms with Crippen LogP contribution in [0, 0.1) is 0 Å². The van der Waals surface area contributed by atoms with Crippen LogP contribution in [0.2, 0.25) is 0 Å². The average Bonchev–Trinajstić information content (AvgIpc) is 2.48. The molecule has 0 atom stereocenters. The Morgan fingerprint density at radius 3 is 1.13 bits per heavy atom. The van der Waals surface area contributed by atoms with Crippen molar-refractivity contribution in [1.82, 2.24) is 0 Å². The van der Waals surface area contributed by atoms with Crippen molar-refractivity contribution >= 4 is 5.97 Å². The molecule has 0 unspecified atom stereocenters. The second-order valence-corrected chi connectivity index (χ2v) is 4.92. The van der Waals surface area contributed by atoms with E-state index in [2.05, 4.69) is 6.92 Å². The van der Waals surface area contributed by atoms with Gasteiger partial charge in [-0.3, -0.25) is 4.79 Å². The van der Waals surface area contributed by atoms with E-state index < -0.39 is 5.97 Å². The van der Waals surface area contributed by atoms with Crippen molar-refractivity contribution in [3.8, 4) is 0 Å². The molecule has 0 aromatic heterocycles. The predicted octanol–water partition coefficient (Wildman–Crippen LogP) is 3.99. The van der Waals surface area contributed by atoms with Crippen molar-refractivity contribution in [2.45, 2.75) is 91.9 Å². The fraction of sp³-hybridized carbons (Fsp3) is 0.944. The van der Waals surface area contributed by atoms with Gasteiger partial charge in [-0.15, -0.1) is 0 Å². The highest BCUT2D eigenvalue weighted by Crippen LogP contribution is 2.10. The summed E-state index contributed by atoms with van der Waals surface area (Å²) in [4.78, 5) is 10.2. The highest BCUT2D eigenvalue weighted by Gasteiger charge is 1.96. The number of aliphatic carboxylic acids is 1. The van der Waals surface area contributed by atoms with Crippen molar-refractivity contribution in [2.75, 3.05) is 19.8 Å². The van der Waals surface area contributed by atoms with Gasteiger partial charge in [0.05, 0.1) is 0 Å². The molecular formula is C18H42O5. The SMILES string of the molecule is CCCCCCCCCCCC(=O)O.CCO.CCO.CCO. The summed E-state index contributed by atoms with van der Waals surface area (Å²) in [6, 6.07) is 0. The fourth-order valence-corrected chi connectivity index (χ4v) is 1.59. The molecule has 0 fully saturated rings. The van der Waals surface area contributed by atoms with Crippen molar-refractivity contribution in [2.24, 2.45) is 0 Å². The number of hydrogen-bond acceptors (Lipinski definition) is 4. The van der Waals surface area contributed by atoms with Crippen molar-refractivity contribution in [1.29, 1.82) is 0 Å². The monoisotopic (exact) mass is 338 g/mol. The second-order valence-electron chi connectivity index (χ2n) is 4.92. The van der Waals surface area contributed by atoms with Gasteiger partial charge >= 0.3 is 5.97 Å². The number of aliphatic hydroxyl groups excluding tert-OH is 3. The fourth-order valence-electron chi connectivity index (χ4n) is 1.59.